The molecule has 2 atom stereocenters. The molecule has 1 aliphatic rings. The van der Waals surface area contributed by atoms with E-state index in [4.69, 9.17) is 21.4 Å². The van der Waals surface area contributed by atoms with Crippen molar-refractivity contribution < 1.29 is 9.15 Å². The first-order valence-corrected chi connectivity index (χ1v) is 8.79. The number of pyridine rings is 1. The number of furan rings is 1. The molecule has 132 valence electrons. The number of hydrogen-bond donors (Lipinski definition) is 1. The second-order valence-electron chi connectivity index (χ2n) is 6.14. The first kappa shape index (κ1) is 16.6. The van der Waals surface area contributed by atoms with Gasteiger partial charge in [-0.15, -0.1) is 0 Å². The molecule has 1 N–H and O–H groups in total. The van der Waals surface area contributed by atoms with Crippen LogP contribution >= 0.6 is 12.2 Å². The van der Waals surface area contributed by atoms with E-state index in [1.165, 1.54) is 0 Å². The first-order chi connectivity index (χ1) is 12.7. The van der Waals surface area contributed by atoms with Gasteiger partial charge in [-0.25, -0.2) is 0 Å². The lowest BCUT2D eigenvalue weighted by Crippen LogP contribution is -2.29. The Hall–Kier alpha value is -2.86. The number of ether oxygens (including phenoxy) is 1. The molecule has 2 aromatic heterocycles. The molecule has 0 aliphatic carbocycles. The lowest BCUT2D eigenvalue weighted by atomic mass is 10.0. The topological polar surface area (TPSA) is 50.5 Å². The quantitative estimate of drug-likeness (QED) is 0.701. The third-order valence-corrected chi connectivity index (χ3v) is 4.82. The molecular formula is C20H19N3O2S. The number of nitrogens with one attached hydrogen (secondary N) is 1. The number of hydrogen-bond acceptors (Lipinski definition) is 4. The summed E-state index contributed by atoms with van der Waals surface area (Å²) in [5.41, 5.74) is 1.89. The molecule has 5 nitrogen and oxygen atoms in total. The minimum atomic E-state index is -0.125. The minimum absolute atomic E-state index is 0.101. The maximum Gasteiger partial charge on any atom is 0.174 e. The summed E-state index contributed by atoms with van der Waals surface area (Å²) in [6.45, 7) is 1.94. The van der Waals surface area contributed by atoms with E-state index in [0.29, 0.717) is 5.11 Å². The molecule has 4 rings (SSSR count). The van der Waals surface area contributed by atoms with E-state index in [1.54, 1.807) is 13.3 Å². The number of rotatable bonds is 4. The second kappa shape index (κ2) is 6.80. The second-order valence-corrected chi connectivity index (χ2v) is 6.53. The van der Waals surface area contributed by atoms with E-state index in [-0.39, 0.29) is 12.1 Å². The van der Waals surface area contributed by atoms with Crippen molar-refractivity contribution in [3.63, 3.8) is 0 Å². The molecule has 1 fully saturated rings. The van der Waals surface area contributed by atoms with Gasteiger partial charge in [0.2, 0.25) is 0 Å². The fourth-order valence-corrected chi connectivity index (χ4v) is 3.62. The van der Waals surface area contributed by atoms with E-state index >= 15 is 0 Å². The molecular weight excluding hydrogens is 346 g/mol. The van der Waals surface area contributed by atoms with Crippen molar-refractivity contribution in [1.82, 2.24) is 10.3 Å². The van der Waals surface area contributed by atoms with Crippen LogP contribution in [-0.2, 0) is 0 Å². The van der Waals surface area contributed by atoms with Gasteiger partial charge in [0.05, 0.1) is 18.8 Å². The van der Waals surface area contributed by atoms with Crippen LogP contribution in [0.2, 0.25) is 0 Å². The van der Waals surface area contributed by atoms with E-state index < -0.39 is 0 Å². The average molecular weight is 365 g/mol. The highest BCUT2D eigenvalue weighted by Crippen LogP contribution is 2.42. The molecule has 0 saturated carbocycles. The predicted molar refractivity (Wildman–Crippen MR) is 104 cm³/mol. The van der Waals surface area contributed by atoms with Crippen molar-refractivity contribution >= 4 is 23.0 Å². The highest BCUT2D eigenvalue weighted by molar-refractivity contribution is 7.80. The van der Waals surface area contributed by atoms with Gasteiger partial charge in [-0.05, 0) is 67.7 Å². The van der Waals surface area contributed by atoms with Gasteiger partial charge in [-0.2, -0.15) is 0 Å². The van der Waals surface area contributed by atoms with Crippen molar-refractivity contribution in [2.75, 3.05) is 12.0 Å². The van der Waals surface area contributed by atoms with Crippen molar-refractivity contribution in [1.29, 1.82) is 0 Å². The normalized spacial score (nSPS) is 19.5. The Morgan fingerprint density at radius 1 is 1.12 bits per heavy atom. The van der Waals surface area contributed by atoms with Gasteiger partial charge < -0.3 is 19.4 Å². The van der Waals surface area contributed by atoms with Crippen LogP contribution in [0.25, 0.3) is 0 Å². The zero-order chi connectivity index (χ0) is 18.1. The highest BCUT2D eigenvalue weighted by Gasteiger charge is 2.42. The number of nitrogens with zero attached hydrogens (tertiary/aromatic N) is 2. The summed E-state index contributed by atoms with van der Waals surface area (Å²) >= 11 is 5.66. The van der Waals surface area contributed by atoms with Gasteiger partial charge in [-0.3, -0.25) is 4.98 Å². The number of benzene rings is 1. The van der Waals surface area contributed by atoms with E-state index in [9.17, 15) is 0 Å². The SMILES string of the molecule is COc1ccc(N2C(=S)NC(c3ccccn3)C2c2ccc(C)o2)cc1. The third-order valence-electron chi connectivity index (χ3n) is 4.50. The van der Waals surface area contributed by atoms with Crippen molar-refractivity contribution in [3.05, 3.63) is 78.0 Å². The molecule has 1 aromatic carbocycles. The first-order valence-electron chi connectivity index (χ1n) is 8.38. The lowest BCUT2D eigenvalue weighted by molar-refractivity contribution is 0.413. The fourth-order valence-electron chi connectivity index (χ4n) is 3.28. The number of thiocarbonyl (C=S) groups is 1. The zero-order valence-corrected chi connectivity index (χ0v) is 15.4. The van der Waals surface area contributed by atoms with Crippen molar-refractivity contribution in [2.24, 2.45) is 0 Å². The van der Waals surface area contributed by atoms with Gasteiger partial charge in [0, 0.05) is 11.9 Å². The predicted octanol–water partition coefficient (Wildman–Crippen LogP) is 4.17. The summed E-state index contributed by atoms with van der Waals surface area (Å²) in [4.78, 5) is 6.60. The number of methoxy groups -OCH3 is 1. The van der Waals surface area contributed by atoms with Crippen LogP contribution in [0.15, 0.2) is 65.2 Å². The van der Waals surface area contributed by atoms with E-state index in [2.05, 4.69) is 15.2 Å². The van der Waals surface area contributed by atoms with E-state index in [0.717, 1.165) is 28.7 Å². The Balaban J connectivity index is 1.79. The summed E-state index contributed by atoms with van der Waals surface area (Å²) in [6, 6.07) is 17.5. The molecule has 0 bridgehead atoms. The fraction of sp³-hybridized carbons (Fsp3) is 0.200. The highest BCUT2D eigenvalue weighted by atomic mass is 32.1. The molecule has 1 saturated heterocycles. The van der Waals surface area contributed by atoms with Crippen LogP contribution in [0.1, 0.15) is 29.3 Å². The molecule has 0 spiro atoms. The summed E-state index contributed by atoms with van der Waals surface area (Å²) < 4.78 is 11.2. The summed E-state index contributed by atoms with van der Waals surface area (Å²) in [6.07, 6.45) is 1.79. The standard InChI is InChI=1S/C20H19N3O2S/c1-13-6-11-17(25-13)19-18(16-5-3-4-12-21-16)22-20(26)23(19)14-7-9-15(24-2)10-8-14/h3-12,18-19H,1-2H3,(H,22,26). The maximum atomic E-state index is 5.97. The molecule has 6 heteroatoms. The average Bonchev–Trinajstić information content (AvgIpc) is 3.25. The smallest absolute Gasteiger partial charge is 0.174 e. The van der Waals surface area contributed by atoms with Crippen LogP contribution in [-0.4, -0.2) is 17.2 Å². The minimum Gasteiger partial charge on any atom is -0.497 e. The molecule has 26 heavy (non-hydrogen) atoms. The van der Waals surface area contributed by atoms with Crippen molar-refractivity contribution in [2.45, 2.75) is 19.0 Å². The van der Waals surface area contributed by atoms with Gasteiger partial charge >= 0.3 is 0 Å². The van der Waals surface area contributed by atoms with Crippen LogP contribution in [0, 0.1) is 6.92 Å². The van der Waals surface area contributed by atoms with Crippen molar-refractivity contribution in [3.8, 4) is 5.75 Å². The monoisotopic (exact) mass is 365 g/mol. The number of aryl methyl sites for hydroxylation is 1. The number of anilines is 1. The molecule has 0 amide bonds. The summed E-state index contributed by atoms with van der Waals surface area (Å²) in [5, 5.41) is 4.05. The summed E-state index contributed by atoms with van der Waals surface area (Å²) in [7, 11) is 1.66. The zero-order valence-electron chi connectivity index (χ0n) is 14.5. The Morgan fingerprint density at radius 3 is 2.54 bits per heavy atom. The molecule has 3 aromatic rings. The molecule has 1 aliphatic heterocycles. The lowest BCUT2D eigenvalue weighted by Gasteiger charge is -2.26. The molecule has 3 heterocycles. The van der Waals surface area contributed by atoms with Gasteiger partial charge in [0.15, 0.2) is 5.11 Å². The van der Waals surface area contributed by atoms with Crippen LogP contribution in [0.4, 0.5) is 5.69 Å². The summed E-state index contributed by atoms with van der Waals surface area (Å²) in [5.74, 6) is 2.52. The van der Waals surface area contributed by atoms with Crippen LogP contribution in [0.5, 0.6) is 5.75 Å². The Labute approximate surface area is 157 Å². The van der Waals surface area contributed by atoms with Crippen LogP contribution in [0.3, 0.4) is 0 Å². The Morgan fingerprint density at radius 2 is 1.92 bits per heavy atom. The van der Waals surface area contributed by atoms with Gasteiger partial charge in [0.25, 0.3) is 0 Å². The Bertz CT molecular complexity index is 908. The third kappa shape index (κ3) is 2.93. The van der Waals surface area contributed by atoms with Gasteiger partial charge in [-0.1, -0.05) is 6.07 Å². The Kier molecular flexibility index (Phi) is 4.34. The number of aromatic nitrogens is 1. The molecule has 2 unspecified atom stereocenters. The van der Waals surface area contributed by atoms with E-state index in [1.807, 2.05) is 61.5 Å². The molecule has 0 radical (unpaired) electrons. The maximum absolute atomic E-state index is 5.97. The van der Waals surface area contributed by atoms with Gasteiger partial charge in [0.1, 0.15) is 23.3 Å². The largest absolute Gasteiger partial charge is 0.497 e. The van der Waals surface area contributed by atoms with Crippen LogP contribution < -0.4 is 15.0 Å².